The predicted molar refractivity (Wildman–Crippen MR) is 72.4 cm³/mol. The smallest absolute Gasteiger partial charge is 0.256 e. The Labute approximate surface area is 117 Å². The number of aryl methyl sites for hydroxylation is 1. The predicted octanol–water partition coefficient (Wildman–Crippen LogP) is 0.526. The summed E-state index contributed by atoms with van der Waals surface area (Å²) in [6, 6.07) is 0. The standard InChI is InChI=1S/C12H19ClN4O2/c1-16-11(13)10(9-15-16)12(18)14-3-2-4-17-5-7-19-8-6-17/h9H,2-8H2,1H3,(H,14,18). The van der Waals surface area contributed by atoms with E-state index in [1.165, 1.54) is 10.9 Å². The number of nitrogens with one attached hydrogen (secondary N) is 1. The summed E-state index contributed by atoms with van der Waals surface area (Å²) >= 11 is 5.96. The normalized spacial score (nSPS) is 16.5. The first-order chi connectivity index (χ1) is 9.18. The van der Waals surface area contributed by atoms with Crippen LogP contribution in [0.2, 0.25) is 5.15 Å². The Hall–Kier alpha value is -1.11. The van der Waals surface area contributed by atoms with E-state index in [1.807, 2.05) is 0 Å². The van der Waals surface area contributed by atoms with Crippen LogP contribution in [0.3, 0.4) is 0 Å². The first-order valence-corrected chi connectivity index (χ1v) is 6.82. The zero-order chi connectivity index (χ0) is 13.7. The second-order valence-electron chi connectivity index (χ2n) is 4.54. The van der Waals surface area contributed by atoms with Crippen molar-refractivity contribution in [3.8, 4) is 0 Å². The van der Waals surface area contributed by atoms with E-state index < -0.39 is 0 Å². The van der Waals surface area contributed by atoms with Gasteiger partial charge in [-0.25, -0.2) is 0 Å². The lowest BCUT2D eigenvalue weighted by atomic mass is 10.3. The zero-order valence-electron chi connectivity index (χ0n) is 11.1. The second kappa shape index (κ2) is 6.88. The summed E-state index contributed by atoms with van der Waals surface area (Å²) in [5, 5.41) is 7.17. The molecule has 1 amide bonds. The van der Waals surface area contributed by atoms with Crippen molar-refractivity contribution in [3.05, 3.63) is 16.9 Å². The second-order valence-corrected chi connectivity index (χ2v) is 4.89. The molecule has 1 aliphatic rings. The van der Waals surface area contributed by atoms with Gasteiger partial charge in [-0.3, -0.25) is 14.4 Å². The van der Waals surface area contributed by atoms with Crippen molar-refractivity contribution < 1.29 is 9.53 Å². The molecule has 0 aliphatic carbocycles. The van der Waals surface area contributed by atoms with Gasteiger partial charge in [-0.1, -0.05) is 11.6 Å². The maximum atomic E-state index is 11.8. The van der Waals surface area contributed by atoms with Gasteiger partial charge in [0.15, 0.2) is 0 Å². The summed E-state index contributed by atoms with van der Waals surface area (Å²) < 4.78 is 6.76. The van der Waals surface area contributed by atoms with Crippen LogP contribution in [-0.2, 0) is 11.8 Å². The lowest BCUT2D eigenvalue weighted by Crippen LogP contribution is -2.38. The van der Waals surface area contributed by atoms with E-state index in [1.54, 1.807) is 7.05 Å². The van der Waals surface area contributed by atoms with Crippen LogP contribution in [0.1, 0.15) is 16.8 Å². The molecule has 2 heterocycles. The van der Waals surface area contributed by atoms with Gasteiger partial charge in [-0.15, -0.1) is 0 Å². The van der Waals surface area contributed by atoms with Crippen molar-refractivity contribution >= 4 is 17.5 Å². The summed E-state index contributed by atoms with van der Waals surface area (Å²) in [6.45, 7) is 5.17. The van der Waals surface area contributed by atoms with Crippen molar-refractivity contribution in [2.75, 3.05) is 39.4 Å². The molecule has 1 aromatic rings. The van der Waals surface area contributed by atoms with Gasteiger partial charge < -0.3 is 10.1 Å². The van der Waals surface area contributed by atoms with Crippen LogP contribution in [-0.4, -0.2) is 60.0 Å². The van der Waals surface area contributed by atoms with Gasteiger partial charge in [-0.2, -0.15) is 5.10 Å². The van der Waals surface area contributed by atoms with Gasteiger partial charge in [-0.05, 0) is 13.0 Å². The number of carbonyl (C=O) groups excluding carboxylic acids is 1. The molecule has 19 heavy (non-hydrogen) atoms. The first-order valence-electron chi connectivity index (χ1n) is 6.44. The van der Waals surface area contributed by atoms with E-state index in [-0.39, 0.29) is 5.91 Å². The third-order valence-electron chi connectivity index (χ3n) is 3.15. The number of hydrogen-bond donors (Lipinski definition) is 1. The lowest BCUT2D eigenvalue weighted by molar-refractivity contribution is 0.0374. The molecule has 6 nitrogen and oxygen atoms in total. The Morgan fingerprint density at radius 1 is 1.53 bits per heavy atom. The summed E-state index contributed by atoms with van der Waals surface area (Å²) in [7, 11) is 1.71. The molecule has 0 spiro atoms. The highest BCUT2D eigenvalue weighted by Gasteiger charge is 2.14. The molecule has 1 saturated heterocycles. The average Bonchev–Trinajstić information content (AvgIpc) is 2.76. The molecule has 0 aromatic carbocycles. The summed E-state index contributed by atoms with van der Waals surface area (Å²) in [4.78, 5) is 14.2. The van der Waals surface area contributed by atoms with E-state index in [4.69, 9.17) is 16.3 Å². The molecule has 0 unspecified atom stereocenters. The largest absolute Gasteiger partial charge is 0.379 e. The Bertz CT molecular complexity index is 429. The number of amides is 1. The number of nitrogens with zero attached hydrogens (tertiary/aromatic N) is 3. The Morgan fingerprint density at radius 3 is 2.89 bits per heavy atom. The number of carbonyl (C=O) groups is 1. The number of aromatic nitrogens is 2. The van der Waals surface area contributed by atoms with Crippen LogP contribution in [0.5, 0.6) is 0 Å². The van der Waals surface area contributed by atoms with Gasteiger partial charge in [0.25, 0.3) is 5.91 Å². The fourth-order valence-corrected chi connectivity index (χ4v) is 2.18. The lowest BCUT2D eigenvalue weighted by Gasteiger charge is -2.26. The Balaban J connectivity index is 1.68. The molecule has 7 heteroatoms. The topological polar surface area (TPSA) is 59.4 Å². The van der Waals surface area contributed by atoms with Crippen LogP contribution >= 0.6 is 11.6 Å². The minimum Gasteiger partial charge on any atom is -0.379 e. The molecular weight excluding hydrogens is 268 g/mol. The van der Waals surface area contributed by atoms with Crippen LogP contribution in [0.15, 0.2) is 6.20 Å². The molecule has 1 aliphatic heterocycles. The molecular formula is C12H19ClN4O2. The molecule has 1 N–H and O–H groups in total. The van der Waals surface area contributed by atoms with Crippen LogP contribution in [0, 0.1) is 0 Å². The highest BCUT2D eigenvalue weighted by atomic mass is 35.5. The monoisotopic (exact) mass is 286 g/mol. The minimum atomic E-state index is -0.167. The van der Waals surface area contributed by atoms with Gasteiger partial charge in [0.1, 0.15) is 5.15 Å². The van der Waals surface area contributed by atoms with E-state index in [0.29, 0.717) is 17.3 Å². The molecule has 1 aromatic heterocycles. The van der Waals surface area contributed by atoms with E-state index in [2.05, 4.69) is 15.3 Å². The number of halogens is 1. The molecule has 0 saturated carbocycles. The number of rotatable bonds is 5. The summed E-state index contributed by atoms with van der Waals surface area (Å²) in [6.07, 6.45) is 2.41. The maximum Gasteiger partial charge on any atom is 0.256 e. The van der Waals surface area contributed by atoms with Crippen LogP contribution in [0.25, 0.3) is 0 Å². The minimum absolute atomic E-state index is 0.167. The van der Waals surface area contributed by atoms with Gasteiger partial charge in [0.2, 0.25) is 0 Å². The average molecular weight is 287 g/mol. The van der Waals surface area contributed by atoms with Gasteiger partial charge >= 0.3 is 0 Å². The van der Waals surface area contributed by atoms with E-state index in [0.717, 1.165) is 39.3 Å². The number of ether oxygens (including phenoxy) is 1. The van der Waals surface area contributed by atoms with E-state index in [9.17, 15) is 4.79 Å². The fourth-order valence-electron chi connectivity index (χ4n) is 2.00. The SMILES string of the molecule is Cn1ncc(C(=O)NCCCN2CCOCC2)c1Cl. The van der Waals surface area contributed by atoms with Gasteiger partial charge in [0.05, 0.1) is 25.0 Å². The van der Waals surface area contributed by atoms with Crippen molar-refractivity contribution in [2.24, 2.45) is 7.05 Å². The molecule has 0 atom stereocenters. The first kappa shape index (κ1) is 14.3. The Kier molecular flexibility index (Phi) is 5.18. The highest BCUT2D eigenvalue weighted by molar-refractivity contribution is 6.32. The molecule has 106 valence electrons. The van der Waals surface area contributed by atoms with Crippen molar-refractivity contribution in [2.45, 2.75) is 6.42 Å². The quantitative estimate of drug-likeness (QED) is 0.802. The van der Waals surface area contributed by atoms with Crippen LogP contribution in [0.4, 0.5) is 0 Å². The summed E-state index contributed by atoms with van der Waals surface area (Å²) in [5.74, 6) is -0.167. The summed E-state index contributed by atoms with van der Waals surface area (Å²) in [5.41, 5.74) is 0.426. The number of hydrogen-bond acceptors (Lipinski definition) is 4. The molecule has 2 rings (SSSR count). The van der Waals surface area contributed by atoms with Crippen molar-refractivity contribution in [1.82, 2.24) is 20.0 Å². The Morgan fingerprint density at radius 2 is 2.26 bits per heavy atom. The van der Waals surface area contributed by atoms with E-state index >= 15 is 0 Å². The van der Waals surface area contributed by atoms with Crippen molar-refractivity contribution in [3.63, 3.8) is 0 Å². The maximum absolute atomic E-state index is 11.8. The number of morpholine rings is 1. The third-order valence-corrected chi connectivity index (χ3v) is 3.60. The fraction of sp³-hybridized carbons (Fsp3) is 0.667. The van der Waals surface area contributed by atoms with Crippen molar-refractivity contribution in [1.29, 1.82) is 0 Å². The van der Waals surface area contributed by atoms with Crippen LogP contribution < -0.4 is 5.32 Å². The molecule has 0 bridgehead atoms. The molecule has 1 fully saturated rings. The highest BCUT2D eigenvalue weighted by Crippen LogP contribution is 2.13. The molecule has 0 radical (unpaired) electrons. The zero-order valence-corrected chi connectivity index (χ0v) is 11.8. The third kappa shape index (κ3) is 3.92. The van der Waals surface area contributed by atoms with Gasteiger partial charge in [0, 0.05) is 26.7 Å².